The zero-order valence-corrected chi connectivity index (χ0v) is 21.5. The summed E-state index contributed by atoms with van der Waals surface area (Å²) in [5.74, 6) is 0.361. The fourth-order valence-corrected chi connectivity index (χ4v) is 5.24. The third-order valence-corrected chi connectivity index (χ3v) is 7.05. The minimum Gasteiger partial charge on any atom is -0.496 e. The number of carbonyl (C=O) groups is 1. The number of aromatic nitrogens is 2. The van der Waals surface area contributed by atoms with Crippen molar-refractivity contribution in [2.75, 3.05) is 25.9 Å². The second-order valence-corrected chi connectivity index (χ2v) is 9.95. The lowest BCUT2D eigenvalue weighted by Gasteiger charge is -2.37. The molecule has 1 saturated heterocycles. The number of nitrogens with zero attached hydrogens (tertiary/aromatic N) is 3. The van der Waals surface area contributed by atoms with Gasteiger partial charge in [0.15, 0.2) is 0 Å². The molecule has 5 rings (SSSR count). The average molecular weight is 516 g/mol. The van der Waals surface area contributed by atoms with Gasteiger partial charge in [-0.3, -0.25) is 15.1 Å². The summed E-state index contributed by atoms with van der Waals surface area (Å²) in [6, 6.07) is 13.7. The molecule has 1 fully saturated rings. The van der Waals surface area contributed by atoms with Gasteiger partial charge < -0.3 is 20.2 Å². The van der Waals surface area contributed by atoms with Crippen LogP contribution in [0.15, 0.2) is 67.1 Å². The monoisotopic (exact) mass is 515 g/mol. The van der Waals surface area contributed by atoms with E-state index in [1.807, 2.05) is 28.9 Å². The quantitative estimate of drug-likeness (QED) is 0.258. The number of nitrogen functional groups attached to an aromatic ring is 1. The highest BCUT2D eigenvalue weighted by Gasteiger charge is 2.28. The largest absolute Gasteiger partial charge is 0.496 e. The van der Waals surface area contributed by atoms with Crippen LogP contribution in [0.2, 0.25) is 0 Å². The Morgan fingerprint density at radius 3 is 2.84 bits per heavy atom. The minimum absolute atomic E-state index is 0.0880. The second kappa shape index (κ2) is 10.6. The van der Waals surface area contributed by atoms with Crippen molar-refractivity contribution in [2.45, 2.75) is 25.9 Å². The minimum atomic E-state index is -0.293. The van der Waals surface area contributed by atoms with Gasteiger partial charge >= 0.3 is 0 Å². The van der Waals surface area contributed by atoms with Gasteiger partial charge in [0.1, 0.15) is 17.2 Å². The van der Waals surface area contributed by atoms with Crippen LogP contribution in [0.1, 0.15) is 40.4 Å². The molecule has 3 heterocycles. The van der Waals surface area contributed by atoms with Gasteiger partial charge in [0.25, 0.3) is 5.91 Å². The Balaban J connectivity index is 1.31. The van der Waals surface area contributed by atoms with E-state index < -0.39 is 0 Å². The highest BCUT2D eigenvalue weighted by Crippen LogP contribution is 2.26. The van der Waals surface area contributed by atoms with Gasteiger partial charge in [-0.2, -0.15) is 0 Å². The van der Waals surface area contributed by atoms with Crippen LogP contribution in [0.25, 0.3) is 5.65 Å². The van der Waals surface area contributed by atoms with Gasteiger partial charge in [-0.05, 0) is 54.8 Å². The van der Waals surface area contributed by atoms with Crippen LogP contribution in [-0.4, -0.2) is 52.1 Å². The summed E-state index contributed by atoms with van der Waals surface area (Å²) >= 11 is 0. The number of anilines is 1. The SMILES string of the molecule is COc1cccc(F)c1CN1C[C@@H](C)C[C@@H](NC(=O)c2ccc(N)c(C(=[NH2+])c3ccc4nccn4c3)c2)C1. The molecule has 196 valence electrons. The first-order valence-electron chi connectivity index (χ1n) is 12.6. The fraction of sp³-hybridized carbons (Fsp3) is 0.276. The number of nitrogens with two attached hydrogens (primary N) is 2. The smallest absolute Gasteiger partial charge is 0.251 e. The van der Waals surface area contributed by atoms with Crippen molar-refractivity contribution >= 4 is 23.0 Å². The van der Waals surface area contributed by atoms with Crippen LogP contribution in [0.4, 0.5) is 10.1 Å². The number of ether oxygens (including phenoxy) is 1. The van der Waals surface area contributed by atoms with Gasteiger partial charge in [-0.15, -0.1) is 0 Å². The second-order valence-electron chi connectivity index (χ2n) is 9.95. The van der Waals surface area contributed by atoms with Crippen molar-refractivity contribution in [3.8, 4) is 5.75 Å². The third-order valence-electron chi connectivity index (χ3n) is 7.05. The number of nitrogens with one attached hydrogen (secondary N) is 1. The number of benzene rings is 2. The molecule has 5 N–H and O–H groups in total. The Hall–Kier alpha value is -4.24. The van der Waals surface area contributed by atoms with E-state index in [0.29, 0.717) is 52.8 Å². The molecule has 9 heteroatoms. The summed E-state index contributed by atoms with van der Waals surface area (Å²) in [5.41, 5.74) is 10.4. The normalized spacial score (nSPS) is 17.9. The first-order valence-corrected chi connectivity index (χ1v) is 12.6. The van der Waals surface area contributed by atoms with Gasteiger partial charge in [0, 0.05) is 61.1 Å². The first-order chi connectivity index (χ1) is 18.3. The van der Waals surface area contributed by atoms with E-state index in [4.69, 9.17) is 15.9 Å². The molecule has 1 amide bonds. The summed E-state index contributed by atoms with van der Waals surface area (Å²) in [6.07, 6.45) is 6.27. The predicted octanol–water partition coefficient (Wildman–Crippen LogP) is 2.30. The number of halogens is 1. The highest BCUT2D eigenvalue weighted by molar-refractivity contribution is 6.13. The number of hydrogen-bond donors (Lipinski definition) is 3. The number of amides is 1. The van der Waals surface area contributed by atoms with Crippen molar-refractivity contribution in [3.63, 3.8) is 0 Å². The maximum atomic E-state index is 14.5. The molecule has 0 spiro atoms. The molecule has 0 saturated carbocycles. The molecule has 4 aromatic rings. The Labute approximate surface area is 220 Å². The van der Waals surface area contributed by atoms with Crippen LogP contribution in [0.3, 0.4) is 0 Å². The average Bonchev–Trinajstić information content (AvgIpc) is 3.37. The van der Waals surface area contributed by atoms with Crippen molar-refractivity contribution < 1.29 is 19.3 Å². The Kier molecular flexibility index (Phi) is 7.11. The van der Waals surface area contributed by atoms with E-state index in [9.17, 15) is 9.18 Å². The number of hydrogen-bond acceptors (Lipinski definition) is 5. The molecule has 8 nitrogen and oxygen atoms in total. The molecule has 0 radical (unpaired) electrons. The van der Waals surface area contributed by atoms with Crippen molar-refractivity contribution in [1.29, 1.82) is 0 Å². The fourth-order valence-electron chi connectivity index (χ4n) is 5.24. The summed E-state index contributed by atoms with van der Waals surface area (Å²) < 4.78 is 21.8. The zero-order valence-electron chi connectivity index (χ0n) is 21.5. The number of carbonyl (C=O) groups excluding carboxylic acids is 1. The number of fused-ring (bicyclic) bond motifs is 1. The van der Waals surface area contributed by atoms with Gasteiger partial charge in [0.2, 0.25) is 5.71 Å². The van der Waals surface area contributed by atoms with Crippen LogP contribution in [0.5, 0.6) is 5.75 Å². The molecule has 2 aromatic carbocycles. The summed E-state index contributed by atoms with van der Waals surface area (Å²) in [5, 5.41) is 9.66. The summed E-state index contributed by atoms with van der Waals surface area (Å²) in [6.45, 7) is 3.96. The van der Waals surface area contributed by atoms with E-state index in [1.165, 1.54) is 6.07 Å². The molecule has 2 atom stereocenters. The lowest BCUT2D eigenvalue weighted by atomic mass is 9.94. The molecule has 2 aromatic heterocycles. The van der Waals surface area contributed by atoms with Gasteiger partial charge in [-0.25, -0.2) is 9.37 Å². The number of pyridine rings is 1. The molecular formula is C29H32FN6O2+. The molecule has 38 heavy (non-hydrogen) atoms. The van der Waals surface area contributed by atoms with E-state index >= 15 is 0 Å². The molecule has 0 aliphatic carbocycles. The molecular weight excluding hydrogens is 483 g/mol. The standard InChI is InChI=1S/C29H31FN6O2/c1-18-12-21(16-35(14-18)17-23-24(30)4-3-5-26(23)38-2)34-29(37)19-6-8-25(31)22(13-19)28(32)20-7-9-27-33-10-11-36(27)15-20/h3-11,13,15,18,21,32H,12,14,16-17,31H2,1-2H3,(H,34,37)/p+1/t18-,21+/m0/s1. The van der Waals surface area contributed by atoms with Crippen LogP contribution < -0.4 is 21.2 Å². The maximum absolute atomic E-state index is 14.5. The first kappa shape index (κ1) is 25.4. The molecule has 1 aliphatic rings. The van der Waals surface area contributed by atoms with E-state index in [-0.39, 0.29) is 17.8 Å². The van der Waals surface area contributed by atoms with Crippen molar-refractivity contribution in [3.05, 3.63) is 95.2 Å². The Morgan fingerprint density at radius 2 is 2.03 bits per heavy atom. The van der Waals surface area contributed by atoms with Crippen molar-refractivity contribution in [2.24, 2.45) is 5.92 Å². The lowest BCUT2D eigenvalue weighted by Crippen LogP contribution is -2.50. The van der Waals surface area contributed by atoms with Gasteiger partial charge in [0.05, 0.1) is 18.2 Å². The Bertz CT molecular complexity index is 1500. The number of likely N-dealkylation sites (tertiary alicyclic amines) is 1. The van der Waals surface area contributed by atoms with Crippen molar-refractivity contribution in [1.82, 2.24) is 19.6 Å². The van der Waals surface area contributed by atoms with E-state index in [2.05, 4.69) is 22.1 Å². The zero-order chi connectivity index (χ0) is 26.8. The highest BCUT2D eigenvalue weighted by atomic mass is 19.1. The third kappa shape index (κ3) is 5.24. The van der Waals surface area contributed by atoms with Crippen LogP contribution in [0, 0.1) is 11.7 Å². The Morgan fingerprint density at radius 1 is 1.21 bits per heavy atom. The predicted molar refractivity (Wildman–Crippen MR) is 144 cm³/mol. The number of rotatable bonds is 7. The van der Waals surface area contributed by atoms with Gasteiger partial charge in [-0.1, -0.05) is 13.0 Å². The maximum Gasteiger partial charge on any atom is 0.251 e. The van der Waals surface area contributed by atoms with Crippen LogP contribution in [-0.2, 0) is 6.54 Å². The molecule has 0 bridgehead atoms. The lowest BCUT2D eigenvalue weighted by molar-refractivity contribution is -0.111. The molecule has 0 unspecified atom stereocenters. The molecule has 1 aliphatic heterocycles. The summed E-state index contributed by atoms with van der Waals surface area (Å²) in [7, 11) is 1.54. The van der Waals surface area contributed by atoms with E-state index in [1.54, 1.807) is 43.6 Å². The topological polar surface area (TPSA) is 110 Å². The van der Waals surface area contributed by atoms with Crippen LogP contribution >= 0.6 is 0 Å². The number of imidazole rings is 1. The number of piperidine rings is 1. The number of methoxy groups -OCH3 is 1. The summed E-state index contributed by atoms with van der Waals surface area (Å²) in [4.78, 5) is 19.7. The van der Waals surface area contributed by atoms with E-state index in [0.717, 1.165) is 24.2 Å².